The molecule has 2 nitrogen and oxygen atoms in total. The molecule has 1 aliphatic heterocycles. The highest BCUT2D eigenvalue weighted by Crippen LogP contribution is 2.34. The number of nitrogens with zero attached hydrogens (tertiary/aromatic N) is 1. The number of nitrogens with one attached hydrogen (secondary N) is 1. The summed E-state index contributed by atoms with van der Waals surface area (Å²) in [5.74, 6) is 0. The van der Waals surface area contributed by atoms with Crippen LogP contribution in [0.4, 0.5) is 0 Å². The summed E-state index contributed by atoms with van der Waals surface area (Å²) in [5, 5.41) is 3.38. The highest BCUT2D eigenvalue weighted by Gasteiger charge is 2.21. The molecule has 6 heteroatoms. The Morgan fingerprint density at radius 2 is 2.06 bits per heavy atom. The second-order valence-corrected chi connectivity index (χ2v) is 6.47. The van der Waals surface area contributed by atoms with E-state index in [1.54, 1.807) is 0 Å². The van der Waals surface area contributed by atoms with Gasteiger partial charge in [-0.3, -0.25) is 4.90 Å². The lowest BCUT2D eigenvalue weighted by Crippen LogP contribution is -2.44. The Kier molecular flexibility index (Phi) is 8.76. The van der Waals surface area contributed by atoms with Crippen LogP contribution in [0.3, 0.4) is 0 Å². The summed E-state index contributed by atoms with van der Waals surface area (Å²) in [5.41, 5.74) is 1.32. The van der Waals surface area contributed by atoms with Crippen LogP contribution in [0.1, 0.15) is 16.5 Å². The first-order chi connectivity index (χ1) is 7.72. The molecule has 1 aromatic heterocycles. The van der Waals surface area contributed by atoms with E-state index < -0.39 is 0 Å². The molecule has 1 aromatic rings. The van der Waals surface area contributed by atoms with E-state index in [1.807, 2.05) is 11.3 Å². The van der Waals surface area contributed by atoms with Gasteiger partial charge in [-0.15, -0.1) is 42.7 Å². The SMILES string of the molecule is C=C[C@H](c1cc(C)c(Br)s1)N1CCNCC1.Cl.Cl. The van der Waals surface area contributed by atoms with Crippen molar-refractivity contribution in [2.45, 2.75) is 13.0 Å². The normalized spacial score (nSPS) is 17.4. The Hall–Kier alpha value is 0.420. The number of rotatable bonds is 3. The molecule has 1 saturated heterocycles. The summed E-state index contributed by atoms with van der Waals surface area (Å²) in [4.78, 5) is 3.88. The van der Waals surface area contributed by atoms with Crippen LogP contribution in [0.15, 0.2) is 22.5 Å². The van der Waals surface area contributed by atoms with E-state index in [2.05, 4.69) is 51.8 Å². The van der Waals surface area contributed by atoms with Gasteiger partial charge >= 0.3 is 0 Å². The van der Waals surface area contributed by atoms with Crippen LogP contribution < -0.4 is 5.32 Å². The van der Waals surface area contributed by atoms with E-state index >= 15 is 0 Å². The summed E-state index contributed by atoms with van der Waals surface area (Å²) < 4.78 is 1.24. The van der Waals surface area contributed by atoms with Crippen LogP contribution in [-0.2, 0) is 0 Å². The molecule has 0 radical (unpaired) electrons. The largest absolute Gasteiger partial charge is 0.314 e. The Morgan fingerprint density at radius 1 is 1.44 bits per heavy atom. The quantitative estimate of drug-likeness (QED) is 0.810. The standard InChI is InChI=1S/C12H17BrN2S.2ClH/c1-3-10(15-6-4-14-5-7-15)11-8-9(2)12(13)16-11;;/h3,8,10,14H,1,4-7H2,2H3;2*1H/t10-;;/m1../s1. The molecule has 0 unspecified atom stereocenters. The van der Waals surface area contributed by atoms with Crippen molar-refractivity contribution in [3.05, 3.63) is 32.9 Å². The molecule has 1 N–H and O–H groups in total. The smallest absolute Gasteiger partial charge is 0.0731 e. The molecule has 1 fully saturated rings. The minimum Gasteiger partial charge on any atom is -0.314 e. The van der Waals surface area contributed by atoms with Crippen molar-refractivity contribution in [3.8, 4) is 0 Å². The third kappa shape index (κ3) is 4.22. The van der Waals surface area contributed by atoms with E-state index in [4.69, 9.17) is 0 Å². The van der Waals surface area contributed by atoms with Crippen LogP contribution in [-0.4, -0.2) is 31.1 Å². The monoisotopic (exact) mass is 372 g/mol. The molecule has 104 valence electrons. The summed E-state index contributed by atoms with van der Waals surface area (Å²) in [6.45, 7) is 10.5. The zero-order chi connectivity index (χ0) is 11.5. The number of thiophene rings is 1. The first kappa shape index (κ1) is 18.4. The molecule has 18 heavy (non-hydrogen) atoms. The van der Waals surface area contributed by atoms with Gasteiger partial charge in [-0.2, -0.15) is 0 Å². The van der Waals surface area contributed by atoms with Crippen molar-refractivity contribution >= 4 is 52.1 Å². The highest BCUT2D eigenvalue weighted by atomic mass is 79.9. The van der Waals surface area contributed by atoms with E-state index in [0.717, 1.165) is 26.2 Å². The molecule has 0 bridgehead atoms. The Labute approximate surface area is 134 Å². The second kappa shape index (κ2) is 8.56. The molecule has 1 atom stereocenters. The molecule has 0 amide bonds. The predicted molar refractivity (Wildman–Crippen MR) is 88.6 cm³/mol. The lowest BCUT2D eigenvalue weighted by atomic mass is 10.1. The average Bonchev–Trinajstić information content (AvgIpc) is 2.61. The van der Waals surface area contributed by atoms with Gasteiger partial charge in [0.15, 0.2) is 0 Å². The third-order valence-corrected chi connectivity index (χ3v) is 5.14. The molecule has 0 spiro atoms. The molecule has 0 aliphatic carbocycles. The van der Waals surface area contributed by atoms with Crippen molar-refractivity contribution in [3.63, 3.8) is 0 Å². The van der Waals surface area contributed by atoms with Gasteiger partial charge < -0.3 is 5.32 Å². The summed E-state index contributed by atoms with van der Waals surface area (Å²) in [7, 11) is 0. The minimum atomic E-state index is 0. The Bertz CT molecular complexity index is 359. The van der Waals surface area contributed by atoms with Crippen LogP contribution in [0.25, 0.3) is 0 Å². The van der Waals surface area contributed by atoms with Crippen molar-refractivity contribution in [2.75, 3.05) is 26.2 Å². The molecule has 0 aromatic carbocycles. The Balaban J connectivity index is 0.00000144. The molecule has 1 aliphatic rings. The summed E-state index contributed by atoms with van der Waals surface area (Å²) in [6, 6.07) is 2.64. The summed E-state index contributed by atoms with van der Waals surface area (Å²) >= 11 is 5.41. The predicted octanol–water partition coefficient (Wildman–Crippen LogP) is 3.79. The van der Waals surface area contributed by atoms with E-state index in [9.17, 15) is 0 Å². The van der Waals surface area contributed by atoms with Crippen molar-refractivity contribution < 1.29 is 0 Å². The van der Waals surface area contributed by atoms with Gasteiger partial charge in [0, 0.05) is 31.1 Å². The zero-order valence-corrected chi connectivity index (χ0v) is 14.4. The van der Waals surface area contributed by atoms with E-state index in [1.165, 1.54) is 14.2 Å². The summed E-state index contributed by atoms with van der Waals surface area (Å²) in [6.07, 6.45) is 2.06. The van der Waals surface area contributed by atoms with Gasteiger partial charge in [0.25, 0.3) is 0 Å². The van der Waals surface area contributed by atoms with Gasteiger partial charge in [0.1, 0.15) is 0 Å². The first-order valence-electron chi connectivity index (χ1n) is 5.55. The molecule has 2 rings (SSSR count). The maximum Gasteiger partial charge on any atom is 0.0731 e. The topological polar surface area (TPSA) is 15.3 Å². The van der Waals surface area contributed by atoms with Gasteiger partial charge in [-0.1, -0.05) is 6.08 Å². The van der Waals surface area contributed by atoms with Crippen LogP contribution >= 0.6 is 52.1 Å². The average molecular weight is 374 g/mol. The molecular formula is C12H19BrCl2N2S. The zero-order valence-electron chi connectivity index (χ0n) is 10.3. The minimum absolute atomic E-state index is 0. The number of aryl methyl sites for hydroxylation is 1. The van der Waals surface area contributed by atoms with Crippen molar-refractivity contribution in [1.82, 2.24) is 10.2 Å². The second-order valence-electron chi connectivity index (χ2n) is 4.07. The molecule has 0 saturated carbocycles. The lowest BCUT2D eigenvalue weighted by molar-refractivity contribution is 0.206. The molecular weight excluding hydrogens is 355 g/mol. The van der Waals surface area contributed by atoms with Crippen molar-refractivity contribution in [2.24, 2.45) is 0 Å². The molecule has 2 heterocycles. The number of hydrogen-bond acceptors (Lipinski definition) is 3. The van der Waals surface area contributed by atoms with Crippen molar-refractivity contribution in [1.29, 1.82) is 0 Å². The van der Waals surface area contributed by atoms with Gasteiger partial charge in [-0.25, -0.2) is 0 Å². The number of halogens is 3. The highest BCUT2D eigenvalue weighted by molar-refractivity contribution is 9.11. The van der Waals surface area contributed by atoms with E-state index in [0.29, 0.717) is 6.04 Å². The maximum atomic E-state index is 3.98. The maximum absolute atomic E-state index is 3.98. The fraction of sp³-hybridized carbons (Fsp3) is 0.500. The van der Waals surface area contributed by atoms with Gasteiger partial charge in [0.2, 0.25) is 0 Å². The lowest BCUT2D eigenvalue weighted by Gasteiger charge is -2.32. The van der Waals surface area contributed by atoms with E-state index in [-0.39, 0.29) is 24.8 Å². The van der Waals surface area contributed by atoms with Crippen LogP contribution in [0.2, 0.25) is 0 Å². The Morgan fingerprint density at radius 3 is 2.50 bits per heavy atom. The van der Waals surface area contributed by atoms with Crippen LogP contribution in [0, 0.1) is 6.92 Å². The van der Waals surface area contributed by atoms with Gasteiger partial charge in [-0.05, 0) is 34.5 Å². The first-order valence-corrected chi connectivity index (χ1v) is 7.16. The number of hydrogen-bond donors (Lipinski definition) is 1. The van der Waals surface area contributed by atoms with Gasteiger partial charge in [0.05, 0.1) is 9.83 Å². The third-order valence-electron chi connectivity index (χ3n) is 2.94. The fourth-order valence-electron chi connectivity index (χ4n) is 2.03. The fourth-order valence-corrected chi connectivity index (χ4v) is 3.74. The van der Waals surface area contributed by atoms with Crippen LogP contribution in [0.5, 0.6) is 0 Å². The number of piperazine rings is 1.